The van der Waals surface area contributed by atoms with Crippen LogP contribution in [0.3, 0.4) is 0 Å². The number of rotatable bonds is 7. The highest BCUT2D eigenvalue weighted by Gasteiger charge is 2.17. The Hall–Kier alpha value is -3.79. The van der Waals surface area contributed by atoms with Crippen molar-refractivity contribution in [3.05, 3.63) is 101 Å². The van der Waals surface area contributed by atoms with Crippen molar-refractivity contribution in [1.82, 2.24) is 4.98 Å². The van der Waals surface area contributed by atoms with Crippen LogP contribution in [0.15, 0.2) is 78.9 Å². The van der Waals surface area contributed by atoms with E-state index in [1.807, 2.05) is 48.5 Å². The summed E-state index contributed by atoms with van der Waals surface area (Å²) in [6.45, 7) is 6.05. The van der Waals surface area contributed by atoms with Gasteiger partial charge in [0.1, 0.15) is 0 Å². The smallest absolute Gasteiger partial charge is 0.339 e. The number of aromatic nitrogens is 1. The second-order valence-electron chi connectivity index (χ2n) is 8.40. The van der Waals surface area contributed by atoms with Crippen molar-refractivity contribution >= 4 is 22.7 Å². The summed E-state index contributed by atoms with van der Waals surface area (Å²) in [6, 6.07) is 24.8. The number of pyridine rings is 1. The van der Waals surface area contributed by atoms with Crippen molar-refractivity contribution in [3.63, 3.8) is 0 Å². The topological polar surface area (TPSA) is 56.3 Å². The number of ketones is 1. The fourth-order valence-electron chi connectivity index (χ4n) is 3.75. The van der Waals surface area contributed by atoms with Crippen LogP contribution in [-0.4, -0.2) is 23.3 Å². The number of hydrogen-bond donors (Lipinski definition) is 0. The highest BCUT2D eigenvalue weighted by molar-refractivity contribution is 6.06. The molecule has 0 N–H and O–H groups in total. The number of carbonyl (C=O) groups excluding carboxylic acids is 2. The molecule has 0 saturated heterocycles. The highest BCUT2D eigenvalue weighted by Crippen LogP contribution is 2.27. The van der Waals surface area contributed by atoms with Gasteiger partial charge in [-0.05, 0) is 35.6 Å². The molecule has 3 aromatic carbocycles. The van der Waals surface area contributed by atoms with E-state index in [-0.39, 0.29) is 12.4 Å². The Morgan fingerprint density at radius 3 is 2.27 bits per heavy atom. The van der Waals surface area contributed by atoms with E-state index < -0.39 is 5.97 Å². The number of benzene rings is 3. The van der Waals surface area contributed by atoms with Gasteiger partial charge in [-0.15, -0.1) is 0 Å². The molecule has 0 atom stereocenters. The molecule has 0 bridgehead atoms. The summed E-state index contributed by atoms with van der Waals surface area (Å²) in [4.78, 5) is 30.3. The first-order valence-electron chi connectivity index (χ1n) is 11.3. The SMILES string of the molecule is CCc1ccc(C(=O)COC(=O)c2cc(-c3ccc(C(C)C)cc3)nc3ccccc23)cc1. The molecule has 4 rings (SSSR count). The van der Waals surface area contributed by atoms with Gasteiger partial charge in [-0.3, -0.25) is 4.79 Å². The molecular formula is C29H27NO3. The van der Waals surface area contributed by atoms with Gasteiger partial charge in [-0.2, -0.15) is 0 Å². The van der Waals surface area contributed by atoms with Crippen LogP contribution in [-0.2, 0) is 11.2 Å². The summed E-state index contributed by atoms with van der Waals surface area (Å²) in [5.41, 5.74) is 5.65. The van der Waals surface area contributed by atoms with Crippen LogP contribution in [0.1, 0.15) is 58.5 Å². The van der Waals surface area contributed by atoms with Crippen molar-refractivity contribution in [2.75, 3.05) is 6.61 Å². The van der Waals surface area contributed by atoms with Crippen LogP contribution in [0.5, 0.6) is 0 Å². The molecule has 4 nitrogen and oxygen atoms in total. The quantitative estimate of drug-likeness (QED) is 0.241. The highest BCUT2D eigenvalue weighted by atomic mass is 16.5. The standard InChI is InChI=1S/C29H27NO3/c1-4-20-9-11-23(12-10-20)28(31)18-33-29(32)25-17-27(30-26-8-6-5-7-24(25)26)22-15-13-21(14-16-22)19(2)3/h5-17,19H,4,18H2,1-3H3. The monoisotopic (exact) mass is 437 g/mol. The molecule has 0 saturated carbocycles. The fraction of sp³-hybridized carbons (Fsp3) is 0.207. The molecule has 0 aliphatic heterocycles. The molecule has 1 heterocycles. The lowest BCUT2D eigenvalue weighted by atomic mass is 9.99. The second-order valence-corrected chi connectivity index (χ2v) is 8.40. The molecule has 4 aromatic rings. The third-order valence-corrected chi connectivity index (χ3v) is 5.83. The van der Waals surface area contributed by atoms with Gasteiger partial charge >= 0.3 is 5.97 Å². The number of ether oxygens (including phenoxy) is 1. The Morgan fingerprint density at radius 1 is 0.909 bits per heavy atom. The summed E-state index contributed by atoms with van der Waals surface area (Å²) in [5, 5.41) is 0.699. The Morgan fingerprint density at radius 2 is 1.61 bits per heavy atom. The number of carbonyl (C=O) groups is 2. The van der Waals surface area contributed by atoms with Gasteiger partial charge in [0.05, 0.1) is 16.8 Å². The first kappa shape index (κ1) is 22.4. The third kappa shape index (κ3) is 5.01. The summed E-state index contributed by atoms with van der Waals surface area (Å²) >= 11 is 0. The molecule has 1 aromatic heterocycles. The summed E-state index contributed by atoms with van der Waals surface area (Å²) in [5.74, 6) is -0.328. The molecule has 0 amide bonds. The van der Waals surface area contributed by atoms with E-state index in [0.717, 1.165) is 17.5 Å². The summed E-state index contributed by atoms with van der Waals surface area (Å²) in [7, 11) is 0. The van der Waals surface area contributed by atoms with Crippen molar-refractivity contribution in [3.8, 4) is 11.3 Å². The van der Waals surface area contributed by atoms with E-state index in [0.29, 0.717) is 33.6 Å². The van der Waals surface area contributed by atoms with Crippen molar-refractivity contribution < 1.29 is 14.3 Å². The first-order chi connectivity index (χ1) is 16.0. The number of Topliss-reactive ketones (excluding diaryl/α,β-unsaturated/α-hetero) is 1. The third-order valence-electron chi connectivity index (χ3n) is 5.83. The van der Waals surface area contributed by atoms with E-state index in [1.54, 1.807) is 18.2 Å². The molecule has 33 heavy (non-hydrogen) atoms. The van der Waals surface area contributed by atoms with E-state index in [9.17, 15) is 9.59 Å². The second kappa shape index (κ2) is 9.78. The largest absolute Gasteiger partial charge is 0.454 e. The van der Waals surface area contributed by atoms with Gasteiger partial charge < -0.3 is 4.74 Å². The van der Waals surface area contributed by atoms with Crippen LogP contribution in [0.4, 0.5) is 0 Å². The molecule has 166 valence electrons. The normalized spacial score (nSPS) is 11.0. The van der Waals surface area contributed by atoms with E-state index >= 15 is 0 Å². The van der Waals surface area contributed by atoms with Crippen LogP contribution in [0.2, 0.25) is 0 Å². The van der Waals surface area contributed by atoms with Crippen molar-refractivity contribution in [2.24, 2.45) is 0 Å². The molecule has 0 radical (unpaired) electrons. The van der Waals surface area contributed by atoms with Crippen LogP contribution in [0.25, 0.3) is 22.2 Å². The fourth-order valence-corrected chi connectivity index (χ4v) is 3.75. The number of fused-ring (bicyclic) bond motifs is 1. The zero-order valence-electron chi connectivity index (χ0n) is 19.2. The molecule has 0 fully saturated rings. The summed E-state index contributed by atoms with van der Waals surface area (Å²) in [6.07, 6.45) is 0.904. The number of para-hydroxylation sites is 1. The maximum absolute atomic E-state index is 13.0. The molecule has 0 aliphatic carbocycles. The minimum atomic E-state index is -0.535. The Labute approximate surface area is 194 Å². The van der Waals surface area contributed by atoms with Crippen LogP contribution >= 0.6 is 0 Å². The molecule has 4 heteroatoms. The Balaban J connectivity index is 1.60. The number of nitrogens with zero attached hydrogens (tertiary/aromatic N) is 1. The maximum atomic E-state index is 13.0. The zero-order chi connectivity index (χ0) is 23.4. The van der Waals surface area contributed by atoms with Crippen LogP contribution < -0.4 is 0 Å². The van der Waals surface area contributed by atoms with Gasteiger partial charge in [0.25, 0.3) is 0 Å². The zero-order valence-corrected chi connectivity index (χ0v) is 19.2. The van der Waals surface area contributed by atoms with Gasteiger partial charge in [0.2, 0.25) is 0 Å². The molecular weight excluding hydrogens is 410 g/mol. The number of aryl methyl sites for hydroxylation is 1. The predicted octanol–water partition coefficient (Wildman–Crippen LogP) is 6.63. The lowest BCUT2D eigenvalue weighted by molar-refractivity contribution is 0.0476. The summed E-state index contributed by atoms with van der Waals surface area (Å²) < 4.78 is 5.43. The lowest BCUT2D eigenvalue weighted by Gasteiger charge is -2.11. The van der Waals surface area contributed by atoms with Gasteiger partial charge in [-0.25, -0.2) is 9.78 Å². The van der Waals surface area contributed by atoms with Gasteiger partial charge in [0, 0.05) is 16.5 Å². The lowest BCUT2D eigenvalue weighted by Crippen LogP contribution is -2.15. The number of hydrogen-bond acceptors (Lipinski definition) is 4. The molecule has 0 spiro atoms. The van der Waals surface area contributed by atoms with Gasteiger partial charge in [-0.1, -0.05) is 87.5 Å². The Bertz CT molecular complexity index is 1290. The maximum Gasteiger partial charge on any atom is 0.339 e. The van der Waals surface area contributed by atoms with Crippen molar-refractivity contribution in [2.45, 2.75) is 33.1 Å². The van der Waals surface area contributed by atoms with Gasteiger partial charge in [0.15, 0.2) is 12.4 Å². The predicted molar refractivity (Wildman–Crippen MR) is 132 cm³/mol. The van der Waals surface area contributed by atoms with E-state index in [4.69, 9.17) is 9.72 Å². The number of esters is 1. The van der Waals surface area contributed by atoms with E-state index in [2.05, 4.69) is 32.9 Å². The average Bonchev–Trinajstić information content (AvgIpc) is 2.86. The van der Waals surface area contributed by atoms with Crippen molar-refractivity contribution in [1.29, 1.82) is 0 Å². The molecule has 0 unspecified atom stereocenters. The minimum absolute atomic E-state index is 0.228. The first-order valence-corrected chi connectivity index (χ1v) is 11.3. The average molecular weight is 438 g/mol. The van der Waals surface area contributed by atoms with Crippen LogP contribution in [0, 0.1) is 0 Å². The minimum Gasteiger partial charge on any atom is -0.454 e. The Kier molecular flexibility index (Phi) is 6.64. The molecule has 0 aliphatic rings. The van der Waals surface area contributed by atoms with E-state index in [1.165, 1.54) is 5.56 Å².